The van der Waals surface area contributed by atoms with E-state index in [-0.39, 0.29) is 18.5 Å². The molecule has 1 N–H and O–H groups in total. The van der Waals surface area contributed by atoms with E-state index in [0.29, 0.717) is 19.1 Å². The van der Waals surface area contributed by atoms with Crippen molar-refractivity contribution in [1.82, 2.24) is 9.62 Å². The summed E-state index contributed by atoms with van der Waals surface area (Å²) >= 11 is 0. The van der Waals surface area contributed by atoms with Crippen LogP contribution in [0.25, 0.3) is 0 Å². The summed E-state index contributed by atoms with van der Waals surface area (Å²) in [6, 6.07) is 0.312. The minimum atomic E-state index is -3.20. The first kappa shape index (κ1) is 16.9. The molecule has 0 aromatic rings. The maximum atomic E-state index is 12.3. The maximum Gasteiger partial charge on any atom is 0.216 e. The lowest BCUT2D eigenvalue weighted by Gasteiger charge is -2.25. The standard InChI is InChI=1S/C13H28N2O3S/c1-4-8-15(11-13-6-5-7-14-13)19(16,17)10-9-18-12(2)3/h12-14H,4-11H2,1-3H3. The second kappa shape index (κ2) is 8.19. The van der Waals surface area contributed by atoms with Crippen molar-refractivity contribution in [2.75, 3.05) is 32.0 Å². The SMILES string of the molecule is CCCN(CC1CCCN1)S(=O)(=O)CCOC(C)C. The second-order valence-corrected chi connectivity index (χ2v) is 7.48. The molecule has 0 aromatic heterocycles. The summed E-state index contributed by atoms with van der Waals surface area (Å²) in [4.78, 5) is 0. The molecule has 1 aliphatic heterocycles. The number of nitrogens with one attached hydrogen (secondary N) is 1. The molecule has 1 aliphatic rings. The van der Waals surface area contributed by atoms with Gasteiger partial charge in [-0.1, -0.05) is 6.92 Å². The van der Waals surface area contributed by atoms with Crippen LogP contribution in [0.5, 0.6) is 0 Å². The highest BCUT2D eigenvalue weighted by Gasteiger charge is 2.26. The van der Waals surface area contributed by atoms with Crippen LogP contribution in [0.2, 0.25) is 0 Å². The molecular formula is C13H28N2O3S. The zero-order chi connectivity index (χ0) is 14.3. The molecule has 1 saturated heterocycles. The predicted molar refractivity (Wildman–Crippen MR) is 77.8 cm³/mol. The van der Waals surface area contributed by atoms with Crippen molar-refractivity contribution in [3.8, 4) is 0 Å². The van der Waals surface area contributed by atoms with Crippen LogP contribution >= 0.6 is 0 Å². The van der Waals surface area contributed by atoms with E-state index in [0.717, 1.165) is 25.8 Å². The van der Waals surface area contributed by atoms with Crippen LogP contribution in [0.1, 0.15) is 40.0 Å². The Labute approximate surface area is 117 Å². The summed E-state index contributed by atoms with van der Waals surface area (Å²) in [6.45, 7) is 8.31. The Hall–Kier alpha value is -0.170. The van der Waals surface area contributed by atoms with Gasteiger partial charge >= 0.3 is 0 Å². The smallest absolute Gasteiger partial charge is 0.216 e. The largest absolute Gasteiger partial charge is 0.378 e. The summed E-state index contributed by atoms with van der Waals surface area (Å²) in [5.74, 6) is 0.0813. The third-order valence-corrected chi connectivity index (χ3v) is 5.05. The molecule has 0 aromatic carbocycles. The summed E-state index contributed by atoms with van der Waals surface area (Å²) in [5.41, 5.74) is 0. The minimum Gasteiger partial charge on any atom is -0.378 e. The van der Waals surface area contributed by atoms with Crippen LogP contribution in [0.4, 0.5) is 0 Å². The lowest BCUT2D eigenvalue weighted by molar-refractivity contribution is 0.0906. The third kappa shape index (κ3) is 6.21. The lowest BCUT2D eigenvalue weighted by Crippen LogP contribution is -2.43. The van der Waals surface area contributed by atoms with Crippen LogP contribution in [0, 0.1) is 0 Å². The van der Waals surface area contributed by atoms with Gasteiger partial charge in [0.25, 0.3) is 0 Å². The van der Waals surface area contributed by atoms with E-state index >= 15 is 0 Å². The third-order valence-electron chi connectivity index (χ3n) is 3.25. The Morgan fingerprint density at radius 3 is 2.68 bits per heavy atom. The summed E-state index contributed by atoms with van der Waals surface area (Å²) in [6.07, 6.45) is 3.13. The highest BCUT2D eigenvalue weighted by Crippen LogP contribution is 2.11. The Kier molecular flexibility index (Phi) is 7.28. The van der Waals surface area contributed by atoms with E-state index in [9.17, 15) is 8.42 Å². The van der Waals surface area contributed by atoms with Gasteiger partial charge < -0.3 is 10.1 Å². The molecule has 5 nitrogen and oxygen atoms in total. The number of rotatable bonds is 9. The van der Waals surface area contributed by atoms with Crippen LogP contribution in [0.3, 0.4) is 0 Å². The zero-order valence-electron chi connectivity index (χ0n) is 12.4. The quantitative estimate of drug-likeness (QED) is 0.694. The molecule has 1 rings (SSSR count). The van der Waals surface area contributed by atoms with Crippen molar-refractivity contribution in [1.29, 1.82) is 0 Å². The molecular weight excluding hydrogens is 264 g/mol. The molecule has 1 fully saturated rings. The van der Waals surface area contributed by atoms with E-state index in [1.165, 1.54) is 0 Å². The Balaban J connectivity index is 2.51. The van der Waals surface area contributed by atoms with Crippen molar-refractivity contribution in [3.63, 3.8) is 0 Å². The van der Waals surface area contributed by atoms with Crippen molar-refractivity contribution < 1.29 is 13.2 Å². The van der Waals surface area contributed by atoms with E-state index in [1.807, 2.05) is 20.8 Å². The van der Waals surface area contributed by atoms with Gasteiger partial charge in [0.05, 0.1) is 18.5 Å². The number of nitrogens with zero attached hydrogens (tertiary/aromatic N) is 1. The average molecular weight is 292 g/mol. The van der Waals surface area contributed by atoms with Crippen LogP contribution < -0.4 is 5.32 Å². The summed E-state index contributed by atoms with van der Waals surface area (Å²) in [5, 5.41) is 3.35. The van der Waals surface area contributed by atoms with Gasteiger partial charge in [-0.05, 0) is 39.7 Å². The molecule has 19 heavy (non-hydrogen) atoms. The van der Waals surface area contributed by atoms with Crippen LogP contribution in [0.15, 0.2) is 0 Å². The molecule has 0 aliphatic carbocycles. The average Bonchev–Trinajstić information content (AvgIpc) is 2.80. The van der Waals surface area contributed by atoms with Gasteiger partial charge in [0, 0.05) is 19.1 Å². The monoisotopic (exact) mass is 292 g/mol. The molecule has 0 saturated carbocycles. The fraction of sp³-hybridized carbons (Fsp3) is 1.00. The van der Waals surface area contributed by atoms with E-state index in [4.69, 9.17) is 4.74 Å². The normalized spacial score (nSPS) is 20.6. The van der Waals surface area contributed by atoms with Crippen LogP contribution in [-0.2, 0) is 14.8 Å². The molecule has 0 radical (unpaired) electrons. The zero-order valence-corrected chi connectivity index (χ0v) is 13.2. The topological polar surface area (TPSA) is 58.6 Å². The Morgan fingerprint density at radius 2 is 2.16 bits per heavy atom. The maximum absolute atomic E-state index is 12.3. The number of hydrogen-bond donors (Lipinski definition) is 1. The van der Waals surface area contributed by atoms with Gasteiger partial charge in [-0.25, -0.2) is 12.7 Å². The molecule has 6 heteroatoms. The van der Waals surface area contributed by atoms with E-state index in [2.05, 4.69) is 5.32 Å². The highest BCUT2D eigenvalue weighted by molar-refractivity contribution is 7.89. The van der Waals surface area contributed by atoms with Gasteiger partial charge in [0.2, 0.25) is 10.0 Å². The van der Waals surface area contributed by atoms with Crippen molar-refractivity contribution in [3.05, 3.63) is 0 Å². The first-order valence-electron chi connectivity index (χ1n) is 7.28. The fourth-order valence-corrected chi connectivity index (χ4v) is 3.70. The molecule has 0 spiro atoms. The van der Waals surface area contributed by atoms with Gasteiger partial charge in [0.1, 0.15) is 0 Å². The highest BCUT2D eigenvalue weighted by atomic mass is 32.2. The second-order valence-electron chi connectivity index (χ2n) is 5.39. The summed E-state index contributed by atoms with van der Waals surface area (Å²) in [7, 11) is -3.20. The van der Waals surface area contributed by atoms with Crippen molar-refractivity contribution in [2.45, 2.75) is 52.2 Å². The van der Waals surface area contributed by atoms with Crippen molar-refractivity contribution >= 4 is 10.0 Å². The van der Waals surface area contributed by atoms with E-state index < -0.39 is 10.0 Å². The molecule has 0 amide bonds. The Morgan fingerprint density at radius 1 is 1.42 bits per heavy atom. The molecule has 1 heterocycles. The molecule has 1 atom stereocenters. The summed E-state index contributed by atoms with van der Waals surface area (Å²) < 4.78 is 31.6. The molecule has 0 bridgehead atoms. The minimum absolute atomic E-state index is 0.0753. The lowest BCUT2D eigenvalue weighted by atomic mass is 10.2. The first-order chi connectivity index (χ1) is 8.95. The number of sulfonamides is 1. The molecule has 114 valence electrons. The van der Waals surface area contributed by atoms with E-state index in [1.54, 1.807) is 4.31 Å². The first-order valence-corrected chi connectivity index (χ1v) is 8.89. The van der Waals surface area contributed by atoms with Crippen molar-refractivity contribution in [2.24, 2.45) is 0 Å². The fourth-order valence-electron chi connectivity index (χ4n) is 2.27. The van der Waals surface area contributed by atoms with Gasteiger partial charge in [-0.2, -0.15) is 0 Å². The van der Waals surface area contributed by atoms with Gasteiger partial charge in [0.15, 0.2) is 0 Å². The Bertz CT molecular complexity index is 338. The molecule has 1 unspecified atom stereocenters. The van der Waals surface area contributed by atoms with Gasteiger partial charge in [-0.15, -0.1) is 0 Å². The number of hydrogen-bond acceptors (Lipinski definition) is 4. The van der Waals surface area contributed by atoms with Gasteiger partial charge in [-0.3, -0.25) is 0 Å². The number of ether oxygens (including phenoxy) is 1. The predicted octanol–water partition coefficient (Wildman–Crippen LogP) is 1.21. The van der Waals surface area contributed by atoms with Crippen LogP contribution in [-0.4, -0.2) is 56.9 Å².